The number of nitrogens with two attached hydrogens (primary N) is 1. The van der Waals surface area contributed by atoms with E-state index >= 15 is 0 Å². The van der Waals surface area contributed by atoms with Gasteiger partial charge in [0.25, 0.3) is 0 Å². The Labute approximate surface area is 199 Å². The average Bonchev–Trinajstić information content (AvgIpc) is 2.76. The molecule has 10 heteroatoms. The summed E-state index contributed by atoms with van der Waals surface area (Å²) >= 11 is 1.57. The molecule has 3 amide bonds. The summed E-state index contributed by atoms with van der Waals surface area (Å²) < 4.78 is 0. The lowest BCUT2D eigenvalue weighted by Crippen LogP contribution is -2.57. The topological polar surface area (TPSA) is 151 Å². The second-order valence-electron chi connectivity index (χ2n) is 8.40. The fourth-order valence-electron chi connectivity index (χ4n) is 3.06. The molecule has 0 aliphatic carbocycles. The molecular formula is C23H36N4O5S. The highest BCUT2D eigenvalue weighted by molar-refractivity contribution is 7.98. The van der Waals surface area contributed by atoms with Gasteiger partial charge in [-0.3, -0.25) is 19.2 Å². The van der Waals surface area contributed by atoms with E-state index in [1.165, 1.54) is 6.92 Å². The number of carbonyl (C=O) groups excluding carboxylic acids is 3. The molecule has 0 aliphatic heterocycles. The minimum absolute atomic E-state index is 0.0586. The van der Waals surface area contributed by atoms with Crippen LogP contribution in [0, 0.1) is 5.92 Å². The van der Waals surface area contributed by atoms with Crippen molar-refractivity contribution in [2.75, 3.05) is 12.0 Å². The molecule has 33 heavy (non-hydrogen) atoms. The highest BCUT2D eigenvalue weighted by atomic mass is 32.2. The molecule has 6 N–H and O–H groups in total. The average molecular weight is 481 g/mol. The van der Waals surface area contributed by atoms with Gasteiger partial charge in [0, 0.05) is 6.42 Å². The molecule has 0 radical (unpaired) electrons. The Hall–Kier alpha value is -2.59. The van der Waals surface area contributed by atoms with E-state index in [0.717, 1.165) is 5.56 Å². The van der Waals surface area contributed by atoms with Crippen molar-refractivity contribution >= 4 is 35.5 Å². The van der Waals surface area contributed by atoms with Crippen molar-refractivity contribution in [2.45, 2.75) is 64.2 Å². The third kappa shape index (κ3) is 10.7. The lowest BCUT2D eigenvalue weighted by molar-refractivity contribution is -0.141. The molecule has 0 bridgehead atoms. The van der Waals surface area contributed by atoms with E-state index in [4.69, 9.17) is 10.8 Å². The molecule has 4 atom stereocenters. The molecule has 0 fully saturated rings. The number of carboxylic acid groups (broad SMARTS) is 1. The molecule has 0 saturated heterocycles. The van der Waals surface area contributed by atoms with Crippen molar-refractivity contribution < 1.29 is 24.3 Å². The van der Waals surface area contributed by atoms with E-state index < -0.39 is 47.9 Å². The van der Waals surface area contributed by atoms with Gasteiger partial charge in [0.05, 0.1) is 6.04 Å². The monoisotopic (exact) mass is 480 g/mol. The summed E-state index contributed by atoms with van der Waals surface area (Å²) in [4.78, 5) is 49.5. The number of benzene rings is 1. The van der Waals surface area contributed by atoms with Crippen LogP contribution >= 0.6 is 11.8 Å². The van der Waals surface area contributed by atoms with E-state index in [0.29, 0.717) is 18.6 Å². The Kier molecular flexibility index (Phi) is 12.5. The van der Waals surface area contributed by atoms with Crippen molar-refractivity contribution in [3.05, 3.63) is 35.9 Å². The number of carbonyl (C=O) groups is 4. The fourth-order valence-corrected chi connectivity index (χ4v) is 3.55. The zero-order valence-corrected chi connectivity index (χ0v) is 20.5. The van der Waals surface area contributed by atoms with Gasteiger partial charge in [-0.25, -0.2) is 0 Å². The maximum atomic E-state index is 13.2. The molecule has 0 unspecified atom stereocenters. The summed E-state index contributed by atoms with van der Waals surface area (Å²) in [6, 6.07) is 5.45. The highest BCUT2D eigenvalue weighted by Crippen LogP contribution is 2.09. The van der Waals surface area contributed by atoms with Crippen molar-refractivity contribution in [1.82, 2.24) is 16.0 Å². The number of amides is 3. The summed E-state index contributed by atoms with van der Waals surface area (Å²) in [6.07, 6.45) is 2.91. The van der Waals surface area contributed by atoms with Crippen LogP contribution in [0.25, 0.3) is 0 Å². The fraction of sp³-hybridized carbons (Fsp3) is 0.565. The minimum Gasteiger partial charge on any atom is -0.480 e. The first kappa shape index (κ1) is 28.4. The molecule has 0 spiro atoms. The zero-order chi connectivity index (χ0) is 25.0. The smallest absolute Gasteiger partial charge is 0.325 e. The standard InChI is InChI=1S/C23H36N4O5S/c1-14(2)12-18(21(29)25-15(3)23(31)32)27-22(30)19(13-16-8-6-5-7-9-16)26-20(28)17(24)10-11-33-4/h5-9,14-15,17-19H,10-13,24H2,1-4H3,(H,25,29)(H,26,28)(H,27,30)(H,31,32)/t15-,17-,18-,19-/m0/s1. The molecule has 0 aromatic heterocycles. The third-order valence-electron chi connectivity index (χ3n) is 4.95. The Morgan fingerprint density at radius 3 is 2.06 bits per heavy atom. The molecule has 0 aliphatic rings. The second-order valence-corrected chi connectivity index (χ2v) is 9.38. The Balaban J connectivity index is 3.02. The number of nitrogens with one attached hydrogen (secondary N) is 3. The molecule has 184 valence electrons. The van der Waals surface area contributed by atoms with E-state index in [2.05, 4.69) is 16.0 Å². The largest absolute Gasteiger partial charge is 0.480 e. The predicted molar refractivity (Wildman–Crippen MR) is 130 cm³/mol. The number of hydrogen-bond acceptors (Lipinski definition) is 6. The van der Waals surface area contributed by atoms with Gasteiger partial charge < -0.3 is 26.8 Å². The molecule has 1 aromatic rings. The van der Waals surface area contributed by atoms with Crippen molar-refractivity contribution in [2.24, 2.45) is 11.7 Å². The molecular weight excluding hydrogens is 444 g/mol. The maximum Gasteiger partial charge on any atom is 0.325 e. The molecule has 9 nitrogen and oxygen atoms in total. The van der Waals surface area contributed by atoms with Crippen LogP contribution in [0.4, 0.5) is 0 Å². The number of thioether (sulfide) groups is 1. The van der Waals surface area contributed by atoms with Crippen LogP contribution in [0.2, 0.25) is 0 Å². The summed E-state index contributed by atoms with van der Waals surface area (Å²) in [5.41, 5.74) is 6.80. The van der Waals surface area contributed by atoms with E-state index in [1.807, 2.05) is 50.4 Å². The first-order chi connectivity index (χ1) is 15.5. The van der Waals surface area contributed by atoms with Crippen LogP contribution in [0.1, 0.15) is 39.2 Å². The van der Waals surface area contributed by atoms with Crippen LogP contribution in [-0.2, 0) is 25.6 Å². The summed E-state index contributed by atoms with van der Waals surface area (Å²) in [5.74, 6) is -1.97. The first-order valence-electron chi connectivity index (χ1n) is 11.0. The van der Waals surface area contributed by atoms with Crippen molar-refractivity contribution in [1.29, 1.82) is 0 Å². The van der Waals surface area contributed by atoms with Crippen LogP contribution in [0.15, 0.2) is 30.3 Å². The molecule has 1 rings (SSSR count). The van der Waals surface area contributed by atoms with Crippen molar-refractivity contribution in [3.8, 4) is 0 Å². The van der Waals surface area contributed by atoms with Gasteiger partial charge in [-0.1, -0.05) is 44.2 Å². The zero-order valence-electron chi connectivity index (χ0n) is 19.7. The lowest BCUT2D eigenvalue weighted by atomic mass is 10.0. The van der Waals surface area contributed by atoms with E-state index in [9.17, 15) is 19.2 Å². The van der Waals surface area contributed by atoms with Gasteiger partial charge in [-0.05, 0) is 43.3 Å². The first-order valence-corrected chi connectivity index (χ1v) is 12.4. The van der Waals surface area contributed by atoms with Gasteiger partial charge in [-0.2, -0.15) is 11.8 Å². The summed E-state index contributed by atoms with van der Waals surface area (Å²) in [5, 5.41) is 16.9. The Morgan fingerprint density at radius 1 is 0.939 bits per heavy atom. The van der Waals surface area contributed by atoms with Gasteiger partial charge in [0.15, 0.2) is 0 Å². The lowest BCUT2D eigenvalue weighted by Gasteiger charge is -2.25. The van der Waals surface area contributed by atoms with E-state index in [1.54, 1.807) is 11.8 Å². The minimum atomic E-state index is -1.17. The molecule has 1 aromatic carbocycles. The highest BCUT2D eigenvalue weighted by Gasteiger charge is 2.30. The summed E-state index contributed by atoms with van der Waals surface area (Å²) in [7, 11) is 0. The van der Waals surface area contributed by atoms with Gasteiger partial charge >= 0.3 is 5.97 Å². The number of hydrogen-bond donors (Lipinski definition) is 5. The quantitative estimate of drug-likeness (QED) is 0.266. The van der Waals surface area contributed by atoms with Gasteiger partial charge in [-0.15, -0.1) is 0 Å². The van der Waals surface area contributed by atoms with Gasteiger partial charge in [0.1, 0.15) is 18.1 Å². The Bertz CT molecular complexity index is 790. The SMILES string of the molecule is CSCC[C@H](N)C(=O)N[C@@H](Cc1ccccc1)C(=O)N[C@@H](CC(C)C)C(=O)N[C@@H](C)C(=O)O. The van der Waals surface area contributed by atoms with Crippen LogP contribution < -0.4 is 21.7 Å². The van der Waals surface area contributed by atoms with Gasteiger partial charge in [0.2, 0.25) is 17.7 Å². The van der Waals surface area contributed by atoms with E-state index in [-0.39, 0.29) is 12.3 Å². The summed E-state index contributed by atoms with van der Waals surface area (Å²) in [6.45, 7) is 5.13. The number of carboxylic acids is 1. The van der Waals surface area contributed by atoms with Crippen LogP contribution in [-0.4, -0.2) is 65.0 Å². The molecule has 0 saturated carbocycles. The predicted octanol–water partition coefficient (Wildman–Crippen LogP) is 0.915. The maximum absolute atomic E-state index is 13.2. The van der Waals surface area contributed by atoms with Crippen LogP contribution in [0.5, 0.6) is 0 Å². The Morgan fingerprint density at radius 2 is 1.52 bits per heavy atom. The number of aliphatic carboxylic acids is 1. The molecule has 0 heterocycles. The normalized spacial score (nSPS) is 14.6. The second kappa shape index (κ2) is 14.5. The van der Waals surface area contributed by atoms with Crippen molar-refractivity contribution in [3.63, 3.8) is 0 Å². The number of rotatable bonds is 14. The van der Waals surface area contributed by atoms with Crippen LogP contribution in [0.3, 0.4) is 0 Å². The third-order valence-corrected chi connectivity index (χ3v) is 5.60.